The molecule has 1 N–H and O–H groups in total. The number of benzene rings is 1. The van der Waals surface area contributed by atoms with Crippen LogP contribution < -0.4 is 5.32 Å². The molecule has 27 heavy (non-hydrogen) atoms. The number of hydrogen-bond donors (Lipinski definition) is 1. The zero-order chi connectivity index (χ0) is 19.0. The van der Waals surface area contributed by atoms with E-state index in [0.29, 0.717) is 10.8 Å². The third-order valence-electron chi connectivity index (χ3n) is 5.12. The minimum absolute atomic E-state index is 0.231. The Balaban J connectivity index is 1.40. The predicted octanol–water partition coefficient (Wildman–Crippen LogP) is 3.06. The summed E-state index contributed by atoms with van der Waals surface area (Å²) in [6, 6.07) is 5.91. The lowest BCUT2D eigenvalue weighted by molar-refractivity contribution is -0.142. The molecule has 1 aliphatic heterocycles. The van der Waals surface area contributed by atoms with Crippen LogP contribution in [0, 0.1) is 17.7 Å². The molecule has 2 aliphatic rings. The number of nitrogens with zero attached hydrogens (tertiary/aromatic N) is 2. The van der Waals surface area contributed by atoms with E-state index in [1.165, 1.54) is 23.5 Å². The van der Waals surface area contributed by atoms with Crippen molar-refractivity contribution in [1.29, 1.82) is 0 Å². The smallest absolute Gasteiger partial charge is 0.246 e. The maximum absolute atomic E-state index is 13.0. The maximum Gasteiger partial charge on any atom is 0.246 e. The normalized spacial score (nSPS) is 22.0. The molecule has 1 aromatic heterocycles. The lowest BCUT2D eigenvalue weighted by Gasteiger charge is -2.19. The van der Waals surface area contributed by atoms with Crippen LogP contribution in [0.5, 0.6) is 0 Å². The molecule has 2 fully saturated rings. The van der Waals surface area contributed by atoms with Crippen LogP contribution in [0.15, 0.2) is 29.6 Å². The van der Waals surface area contributed by atoms with Crippen LogP contribution >= 0.6 is 11.3 Å². The monoisotopic (exact) mass is 387 g/mol. The molecule has 3 amide bonds. The first-order valence-electron chi connectivity index (χ1n) is 8.89. The molecule has 0 unspecified atom stereocenters. The van der Waals surface area contributed by atoms with Gasteiger partial charge in [-0.15, -0.1) is 11.3 Å². The van der Waals surface area contributed by atoms with Gasteiger partial charge in [0, 0.05) is 10.9 Å². The second kappa shape index (κ2) is 7.19. The highest BCUT2D eigenvalue weighted by atomic mass is 32.1. The van der Waals surface area contributed by atoms with Crippen LogP contribution in [-0.4, -0.2) is 34.2 Å². The van der Waals surface area contributed by atoms with Gasteiger partial charge in [-0.3, -0.25) is 19.3 Å². The van der Waals surface area contributed by atoms with Crippen LogP contribution in [0.2, 0.25) is 0 Å². The Morgan fingerprint density at radius 3 is 2.41 bits per heavy atom. The van der Waals surface area contributed by atoms with Crippen molar-refractivity contribution in [2.45, 2.75) is 25.7 Å². The summed E-state index contributed by atoms with van der Waals surface area (Å²) in [5.41, 5.74) is 1.36. The van der Waals surface area contributed by atoms with Crippen LogP contribution in [0.3, 0.4) is 0 Å². The highest BCUT2D eigenvalue weighted by molar-refractivity contribution is 7.14. The van der Waals surface area contributed by atoms with Crippen molar-refractivity contribution in [2.75, 3.05) is 11.9 Å². The van der Waals surface area contributed by atoms with Gasteiger partial charge in [0.05, 0.1) is 17.5 Å². The molecule has 1 saturated carbocycles. The summed E-state index contributed by atoms with van der Waals surface area (Å²) in [4.78, 5) is 42.6. The summed E-state index contributed by atoms with van der Waals surface area (Å²) in [6.07, 6.45) is 3.35. The molecule has 0 bridgehead atoms. The van der Waals surface area contributed by atoms with E-state index >= 15 is 0 Å². The van der Waals surface area contributed by atoms with E-state index < -0.39 is 5.91 Å². The number of aromatic nitrogens is 1. The van der Waals surface area contributed by atoms with E-state index in [1.54, 1.807) is 17.5 Å². The number of amides is 3. The summed E-state index contributed by atoms with van der Waals surface area (Å²) in [5.74, 6) is -1.76. The molecule has 0 radical (unpaired) electrons. The Morgan fingerprint density at radius 1 is 1.15 bits per heavy atom. The van der Waals surface area contributed by atoms with E-state index in [-0.39, 0.29) is 36.0 Å². The van der Waals surface area contributed by atoms with Crippen LogP contribution in [0.25, 0.3) is 11.3 Å². The first kappa shape index (κ1) is 17.8. The van der Waals surface area contributed by atoms with Gasteiger partial charge in [-0.25, -0.2) is 9.37 Å². The van der Waals surface area contributed by atoms with Crippen molar-refractivity contribution >= 4 is 34.2 Å². The van der Waals surface area contributed by atoms with Gasteiger partial charge in [0.25, 0.3) is 0 Å². The molecule has 8 heteroatoms. The van der Waals surface area contributed by atoms with E-state index in [0.717, 1.165) is 36.1 Å². The molecule has 6 nitrogen and oxygen atoms in total. The number of imide groups is 1. The van der Waals surface area contributed by atoms with Gasteiger partial charge in [-0.1, -0.05) is 12.8 Å². The number of fused-ring (bicyclic) bond motifs is 1. The van der Waals surface area contributed by atoms with Crippen LogP contribution in [-0.2, 0) is 14.4 Å². The van der Waals surface area contributed by atoms with Gasteiger partial charge >= 0.3 is 0 Å². The Bertz CT molecular complexity index is 872. The summed E-state index contributed by atoms with van der Waals surface area (Å²) < 4.78 is 13.0. The number of halogens is 1. The van der Waals surface area contributed by atoms with Gasteiger partial charge in [0.15, 0.2) is 5.13 Å². The fourth-order valence-corrected chi connectivity index (χ4v) is 4.51. The first-order valence-corrected chi connectivity index (χ1v) is 9.77. The Kier molecular flexibility index (Phi) is 4.73. The third kappa shape index (κ3) is 3.49. The van der Waals surface area contributed by atoms with Crippen molar-refractivity contribution in [2.24, 2.45) is 11.8 Å². The summed E-state index contributed by atoms with van der Waals surface area (Å²) in [6.45, 7) is -0.282. The molecule has 1 aliphatic carbocycles. The standard InChI is InChI=1S/C19H18FN3O3S/c20-12-7-5-11(6-8-12)15-10-27-19(21-15)22-16(24)9-23-17(25)13-3-1-2-4-14(13)18(23)26/h5-8,10,13-14H,1-4,9H2,(H,21,22,24)/t13-,14-/m1/s1. The number of nitrogens with one attached hydrogen (secondary N) is 1. The molecule has 2 heterocycles. The maximum atomic E-state index is 13.0. The zero-order valence-corrected chi connectivity index (χ0v) is 15.3. The van der Waals surface area contributed by atoms with E-state index in [4.69, 9.17) is 0 Å². The van der Waals surface area contributed by atoms with Crippen molar-refractivity contribution in [3.63, 3.8) is 0 Å². The van der Waals surface area contributed by atoms with E-state index in [2.05, 4.69) is 10.3 Å². The molecule has 1 aromatic carbocycles. The van der Waals surface area contributed by atoms with Crippen molar-refractivity contribution in [1.82, 2.24) is 9.88 Å². The van der Waals surface area contributed by atoms with Gasteiger partial charge in [-0.2, -0.15) is 0 Å². The molecule has 1 saturated heterocycles. The third-order valence-corrected chi connectivity index (χ3v) is 5.88. The van der Waals surface area contributed by atoms with Gasteiger partial charge in [-0.05, 0) is 37.1 Å². The minimum Gasteiger partial charge on any atom is -0.300 e. The number of thiazole rings is 1. The molecule has 4 rings (SSSR count). The largest absolute Gasteiger partial charge is 0.300 e. The number of anilines is 1. The lowest BCUT2D eigenvalue weighted by Crippen LogP contribution is -2.38. The molecular formula is C19H18FN3O3S. The Labute approximate surface area is 159 Å². The van der Waals surface area contributed by atoms with Crippen LogP contribution in [0.4, 0.5) is 9.52 Å². The lowest BCUT2D eigenvalue weighted by atomic mass is 9.81. The zero-order valence-electron chi connectivity index (χ0n) is 14.5. The van der Waals surface area contributed by atoms with Gasteiger partial charge in [0.2, 0.25) is 17.7 Å². The SMILES string of the molecule is O=C(CN1C(=O)[C@@H]2CCCC[C@H]2C1=O)Nc1nc(-c2ccc(F)cc2)cs1. The molecule has 2 aromatic rings. The van der Waals surface area contributed by atoms with Gasteiger partial charge in [0.1, 0.15) is 12.4 Å². The number of hydrogen-bond acceptors (Lipinski definition) is 5. The highest BCUT2D eigenvalue weighted by Crippen LogP contribution is 2.37. The Morgan fingerprint density at radius 2 is 1.78 bits per heavy atom. The average Bonchev–Trinajstić information content (AvgIpc) is 3.22. The van der Waals surface area contributed by atoms with Crippen LogP contribution in [0.1, 0.15) is 25.7 Å². The van der Waals surface area contributed by atoms with Gasteiger partial charge < -0.3 is 5.32 Å². The predicted molar refractivity (Wildman–Crippen MR) is 98.3 cm³/mol. The molecule has 2 atom stereocenters. The van der Waals surface area contributed by atoms with Crippen molar-refractivity contribution < 1.29 is 18.8 Å². The Hall–Kier alpha value is -2.61. The van der Waals surface area contributed by atoms with E-state index in [9.17, 15) is 18.8 Å². The van der Waals surface area contributed by atoms with Crippen molar-refractivity contribution in [3.05, 3.63) is 35.5 Å². The second-order valence-electron chi connectivity index (χ2n) is 6.85. The summed E-state index contributed by atoms with van der Waals surface area (Å²) in [5, 5.41) is 4.77. The first-order chi connectivity index (χ1) is 13.0. The molecular weight excluding hydrogens is 369 g/mol. The average molecular weight is 387 g/mol. The van der Waals surface area contributed by atoms with E-state index in [1.807, 2.05) is 0 Å². The fraction of sp³-hybridized carbons (Fsp3) is 0.368. The number of likely N-dealkylation sites (tertiary alicyclic amines) is 1. The molecule has 0 spiro atoms. The number of carbonyl (C=O) groups is 3. The summed E-state index contributed by atoms with van der Waals surface area (Å²) >= 11 is 1.23. The summed E-state index contributed by atoms with van der Waals surface area (Å²) in [7, 11) is 0. The quantitative estimate of drug-likeness (QED) is 0.818. The van der Waals surface area contributed by atoms with Crippen molar-refractivity contribution in [3.8, 4) is 11.3 Å². The number of carbonyl (C=O) groups excluding carboxylic acids is 3. The molecule has 140 valence electrons. The fourth-order valence-electron chi connectivity index (χ4n) is 3.77. The topological polar surface area (TPSA) is 79.4 Å². The minimum atomic E-state index is -0.449. The number of rotatable bonds is 4. The highest BCUT2D eigenvalue weighted by Gasteiger charge is 2.48. The second-order valence-corrected chi connectivity index (χ2v) is 7.71.